The van der Waals surface area contributed by atoms with Crippen molar-refractivity contribution >= 4 is 39.5 Å². The quantitative estimate of drug-likeness (QED) is 0.276. The van der Waals surface area contributed by atoms with Gasteiger partial charge in [-0.15, -0.1) is 0 Å². The predicted octanol–water partition coefficient (Wildman–Crippen LogP) is 3.52. The molecule has 2 amide bonds. The molecule has 0 atom stereocenters. The van der Waals surface area contributed by atoms with Gasteiger partial charge in [-0.25, -0.2) is 4.79 Å². The monoisotopic (exact) mass is 488 g/mol. The van der Waals surface area contributed by atoms with Crippen LogP contribution < -0.4 is 20.1 Å². The van der Waals surface area contributed by atoms with E-state index in [2.05, 4.69) is 15.4 Å². The Labute approximate surface area is 186 Å². The lowest BCUT2D eigenvalue weighted by Gasteiger charge is -2.16. The van der Waals surface area contributed by atoms with Crippen LogP contribution in [0.25, 0.3) is 0 Å². The summed E-state index contributed by atoms with van der Waals surface area (Å²) in [7, 11) is -3.59. The molecule has 0 saturated carbocycles. The number of methoxy groups -OCH3 is 1. The SMILES string of the molecule is CCC(=O)Nc1ccc(OS(=O)(=O)c2cccc(C(F)(F)F)c2)cc1NC(=N)NC(=O)OC. The number of benzene rings is 2. The van der Waals surface area contributed by atoms with Crippen LogP contribution in [0.3, 0.4) is 0 Å². The summed E-state index contributed by atoms with van der Waals surface area (Å²) in [6.07, 6.45) is -5.61. The highest BCUT2D eigenvalue weighted by atomic mass is 32.2. The lowest BCUT2D eigenvalue weighted by atomic mass is 10.2. The van der Waals surface area contributed by atoms with E-state index < -0.39 is 44.7 Å². The molecule has 0 bridgehead atoms. The van der Waals surface area contributed by atoms with E-state index in [9.17, 15) is 31.2 Å². The fourth-order valence-corrected chi connectivity index (χ4v) is 3.32. The van der Waals surface area contributed by atoms with Crippen LogP contribution in [0.2, 0.25) is 0 Å². The van der Waals surface area contributed by atoms with Gasteiger partial charge in [0.2, 0.25) is 11.9 Å². The van der Waals surface area contributed by atoms with Crippen molar-refractivity contribution in [2.75, 3.05) is 17.7 Å². The van der Waals surface area contributed by atoms with E-state index in [0.717, 1.165) is 31.4 Å². The van der Waals surface area contributed by atoms with Crippen molar-refractivity contribution in [3.8, 4) is 5.75 Å². The largest absolute Gasteiger partial charge is 0.453 e. The number of carbonyl (C=O) groups is 2. The molecule has 0 aliphatic heterocycles. The van der Waals surface area contributed by atoms with Crippen LogP contribution in [0, 0.1) is 5.41 Å². The number of hydrogen-bond acceptors (Lipinski definition) is 7. The molecule has 33 heavy (non-hydrogen) atoms. The van der Waals surface area contributed by atoms with E-state index in [1.54, 1.807) is 6.92 Å². The number of ether oxygens (including phenoxy) is 1. The summed E-state index contributed by atoms with van der Waals surface area (Å²) in [5.74, 6) is -1.32. The number of carbonyl (C=O) groups excluding carboxylic acids is 2. The van der Waals surface area contributed by atoms with E-state index in [-0.39, 0.29) is 23.5 Å². The third kappa shape index (κ3) is 7.10. The highest BCUT2D eigenvalue weighted by Gasteiger charge is 2.32. The predicted molar refractivity (Wildman–Crippen MR) is 112 cm³/mol. The first-order valence-electron chi connectivity index (χ1n) is 9.12. The van der Waals surface area contributed by atoms with E-state index in [1.165, 1.54) is 6.07 Å². The second-order valence-electron chi connectivity index (χ2n) is 6.29. The Hall–Kier alpha value is -3.81. The average Bonchev–Trinajstić information content (AvgIpc) is 2.74. The van der Waals surface area contributed by atoms with Crippen LogP contribution in [0.1, 0.15) is 18.9 Å². The van der Waals surface area contributed by atoms with E-state index >= 15 is 0 Å². The number of guanidine groups is 1. The summed E-state index contributed by atoms with van der Waals surface area (Å²) in [6, 6.07) is 6.48. The standard InChI is InChI=1S/C19H19F3N4O6S/c1-3-16(27)24-14-8-7-12(10-15(14)25-17(23)26-18(28)31-2)32-33(29,30)13-6-4-5-11(9-13)19(20,21)22/h4-10H,3H2,1-2H3,(H,24,27)(H3,23,25,26,28). The van der Waals surface area contributed by atoms with Crippen LogP contribution >= 0.6 is 0 Å². The molecule has 0 aliphatic rings. The third-order valence-electron chi connectivity index (χ3n) is 3.91. The smallest absolute Gasteiger partial charge is 0.416 e. The maximum Gasteiger partial charge on any atom is 0.416 e. The minimum absolute atomic E-state index is 0.0463. The number of nitrogens with one attached hydrogen (secondary N) is 4. The third-order valence-corrected chi connectivity index (χ3v) is 5.16. The minimum atomic E-state index is -4.76. The van der Waals surface area contributed by atoms with E-state index in [1.807, 2.05) is 5.32 Å². The first kappa shape index (κ1) is 25.5. The van der Waals surface area contributed by atoms with Gasteiger partial charge in [0.1, 0.15) is 10.6 Å². The van der Waals surface area contributed by atoms with Gasteiger partial charge >= 0.3 is 22.4 Å². The summed E-state index contributed by atoms with van der Waals surface area (Å²) in [6.45, 7) is 1.59. The molecule has 2 aromatic rings. The Balaban J connectivity index is 2.37. The van der Waals surface area contributed by atoms with Crippen molar-refractivity contribution in [1.82, 2.24) is 5.32 Å². The number of halogens is 3. The molecule has 10 nitrogen and oxygen atoms in total. The van der Waals surface area contributed by atoms with Gasteiger partial charge < -0.3 is 19.6 Å². The lowest BCUT2D eigenvalue weighted by molar-refractivity contribution is -0.137. The second kappa shape index (κ2) is 10.2. The number of amides is 2. The fraction of sp³-hybridized carbons (Fsp3) is 0.211. The van der Waals surface area contributed by atoms with Gasteiger partial charge in [0.05, 0.1) is 24.0 Å². The maximum absolute atomic E-state index is 12.9. The van der Waals surface area contributed by atoms with Gasteiger partial charge in [-0.3, -0.25) is 15.5 Å². The molecule has 2 aromatic carbocycles. The van der Waals surface area contributed by atoms with Crippen LogP contribution in [0.4, 0.5) is 29.3 Å². The van der Waals surface area contributed by atoms with Crippen molar-refractivity contribution in [1.29, 1.82) is 5.41 Å². The molecule has 14 heteroatoms. The maximum atomic E-state index is 12.9. The molecule has 4 N–H and O–H groups in total. The summed E-state index contributed by atoms with van der Waals surface area (Å²) >= 11 is 0. The van der Waals surface area contributed by atoms with E-state index in [0.29, 0.717) is 12.1 Å². The molecular formula is C19H19F3N4O6S. The van der Waals surface area contributed by atoms with Crippen molar-refractivity contribution < 1.29 is 40.1 Å². The Morgan fingerprint density at radius 2 is 1.76 bits per heavy atom. The zero-order valence-electron chi connectivity index (χ0n) is 17.2. The molecule has 178 valence electrons. The number of rotatable bonds is 6. The summed E-state index contributed by atoms with van der Waals surface area (Å²) in [4.78, 5) is 22.3. The topological polar surface area (TPSA) is 147 Å². The summed E-state index contributed by atoms with van der Waals surface area (Å²) in [5, 5.41) is 14.7. The molecule has 0 radical (unpaired) electrons. The van der Waals surface area contributed by atoms with Gasteiger partial charge in [0.25, 0.3) is 0 Å². The average molecular weight is 488 g/mol. The Bertz CT molecular complexity index is 1170. The number of alkyl halides is 3. The molecule has 0 fully saturated rings. The van der Waals surface area contributed by atoms with Gasteiger partial charge in [0, 0.05) is 12.5 Å². The Kier molecular flexibility index (Phi) is 7.87. The van der Waals surface area contributed by atoms with Crippen molar-refractivity contribution in [3.63, 3.8) is 0 Å². The minimum Gasteiger partial charge on any atom is -0.453 e. The molecule has 0 saturated heterocycles. The highest BCUT2D eigenvalue weighted by molar-refractivity contribution is 7.87. The molecule has 2 rings (SSSR count). The molecule has 0 heterocycles. The lowest BCUT2D eigenvalue weighted by Crippen LogP contribution is -2.35. The van der Waals surface area contributed by atoms with Gasteiger partial charge in [-0.05, 0) is 30.3 Å². The van der Waals surface area contributed by atoms with E-state index in [4.69, 9.17) is 9.59 Å². The number of alkyl carbamates (subject to hydrolysis) is 1. The van der Waals surface area contributed by atoms with Gasteiger partial charge in [0.15, 0.2) is 0 Å². The zero-order valence-corrected chi connectivity index (χ0v) is 18.1. The van der Waals surface area contributed by atoms with Crippen LogP contribution in [0.5, 0.6) is 5.75 Å². The van der Waals surface area contributed by atoms with Crippen molar-refractivity contribution in [2.24, 2.45) is 0 Å². The first-order valence-corrected chi connectivity index (χ1v) is 10.5. The molecule has 0 spiro atoms. The van der Waals surface area contributed by atoms with Gasteiger partial charge in [-0.1, -0.05) is 13.0 Å². The van der Waals surface area contributed by atoms with Crippen LogP contribution in [-0.2, 0) is 25.8 Å². The van der Waals surface area contributed by atoms with Crippen molar-refractivity contribution in [2.45, 2.75) is 24.4 Å². The zero-order chi connectivity index (χ0) is 24.8. The van der Waals surface area contributed by atoms with Gasteiger partial charge in [-0.2, -0.15) is 21.6 Å². The number of anilines is 2. The Morgan fingerprint density at radius 1 is 1.06 bits per heavy atom. The molecule has 0 aliphatic carbocycles. The number of hydrogen-bond donors (Lipinski definition) is 4. The normalized spacial score (nSPS) is 11.3. The second-order valence-corrected chi connectivity index (χ2v) is 7.84. The van der Waals surface area contributed by atoms with Crippen LogP contribution in [-0.4, -0.2) is 33.5 Å². The fourth-order valence-electron chi connectivity index (χ4n) is 2.35. The molecular weight excluding hydrogens is 469 g/mol. The molecule has 0 unspecified atom stereocenters. The molecule has 0 aromatic heterocycles. The highest BCUT2D eigenvalue weighted by Crippen LogP contribution is 2.32. The van der Waals surface area contributed by atoms with Crippen LogP contribution in [0.15, 0.2) is 47.4 Å². The first-order chi connectivity index (χ1) is 15.4. The summed E-state index contributed by atoms with van der Waals surface area (Å²) in [5.41, 5.74) is -1.11. The summed E-state index contributed by atoms with van der Waals surface area (Å²) < 4.78 is 73.1. The van der Waals surface area contributed by atoms with Crippen molar-refractivity contribution in [3.05, 3.63) is 48.0 Å². The Morgan fingerprint density at radius 3 is 2.36 bits per heavy atom.